The lowest BCUT2D eigenvalue weighted by molar-refractivity contribution is -0.153. The summed E-state index contributed by atoms with van der Waals surface area (Å²) >= 11 is 0. The number of aliphatic carboxylic acids is 1. The van der Waals surface area contributed by atoms with Crippen LogP contribution < -0.4 is 0 Å². The molecule has 0 bridgehead atoms. The topological polar surface area (TPSA) is 83.8 Å². The maximum atomic E-state index is 10.6. The van der Waals surface area contributed by atoms with Gasteiger partial charge in [-0.05, 0) is 6.92 Å². The first kappa shape index (κ1) is 10.6. The normalized spacial score (nSPS) is 12.8. The van der Waals surface area contributed by atoms with Crippen LogP contribution >= 0.6 is 0 Å². The number of carboxylic acid groups (broad SMARTS) is 1. The predicted octanol–water partition coefficient (Wildman–Crippen LogP) is -0.449. The summed E-state index contributed by atoms with van der Waals surface area (Å²) in [6.07, 6.45) is 0.934. The molecule has 5 nitrogen and oxygen atoms in total. The van der Waals surface area contributed by atoms with E-state index in [-0.39, 0.29) is 0 Å². The smallest absolute Gasteiger partial charge is 0.336 e. The standard InChI is InChI=1S/C7H10O5/c1-2-3-6(9)12-4-5(8)7(10)11/h2-3,5,8H,4H2,1H3,(H,10,11). The number of carbonyl (C=O) groups excluding carboxylic acids is 1. The van der Waals surface area contributed by atoms with Gasteiger partial charge in [-0.3, -0.25) is 0 Å². The van der Waals surface area contributed by atoms with E-state index in [9.17, 15) is 9.59 Å². The summed E-state index contributed by atoms with van der Waals surface area (Å²) in [6, 6.07) is 0. The minimum absolute atomic E-state index is 0.529. The molecule has 0 fully saturated rings. The van der Waals surface area contributed by atoms with E-state index >= 15 is 0 Å². The Morgan fingerprint density at radius 1 is 1.58 bits per heavy atom. The van der Waals surface area contributed by atoms with E-state index in [2.05, 4.69) is 4.74 Å². The van der Waals surface area contributed by atoms with Gasteiger partial charge in [0.2, 0.25) is 0 Å². The second-order valence-corrected chi connectivity index (χ2v) is 1.98. The van der Waals surface area contributed by atoms with E-state index < -0.39 is 24.6 Å². The molecular weight excluding hydrogens is 164 g/mol. The second kappa shape index (κ2) is 5.31. The molecule has 0 aromatic rings. The summed E-state index contributed by atoms with van der Waals surface area (Å²) < 4.78 is 4.35. The highest BCUT2D eigenvalue weighted by atomic mass is 16.5. The van der Waals surface area contributed by atoms with Crippen molar-refractivity contribution in [3.8, 4) is 0 Å². The number of aliphatic hydroxyl groups is 1. The van der Waals surface area contributed by atoms with E-state index in [4.69, 9.17) is 10.2 Å². The summed E-state index contributed by atoms with van der Waals surface area (Å²) in [4.78, 5) is 20.6. The number of carbonyl (C=O) groups is 2. The van der Waals surface area contributed by atoms with Gasteiger partial charge >= 0.3 is 11.9 Å². The molecule has 0 saturated heterocycles. The molecule has 0 saturated carbocycles. The van der Waals surface area contributed by atoms with E-state index in [0.717, 1.165) is 6.08 Å². The highest BCUT2D eigenvalue weighted by Gasteiger charge is 2.14. The maximum absolute atomic E-state index is 10.6. The van der Waals surface area contributed by atoms with E-state index in [0.29, 0.717) is 0 Å². The first-order valence-electron chi connectivity index (χ1n) is 3.28. The average Bonchev–Trinajstić information content (AvgIpc) is 2.00. The number of esters is 1. The monoisotopic (exact) mass is 174 g/mol. The van der Waals surface area contributed by atoms with Gasteiger partial charge in [-0.2, -0.15) is 0 Å². The molecule has 0 radical (unpaired) electrons. The first-order chi connectivity index (χ1) is 5.57. The van der Waals surface area contributed by atoms with Crippen molar-refractivity contribution < 1.29 is 24.5 Å². The van der Waals surface area contributed by atoms with Gasteiger partial charge in [0.1, 0.15) is 6.61 Å². The molecule has 0 aliphatic rings. The minimum Gasteiger partial charge on any atom is -0.479 e. The van der Waals surface area contributed by atoms with Crippen LogP contribution in [0.1, 0.15) is 6.92 Å². The van der Waals surface area contributed by atoms with Crippen LogP contribution in [0.25, 0.3) is 0 Å². The van der Waals surface area contributed by atoms with Crippen molar-refractivity contribution in [1.29, 1.82) is 0 Å². The fraction of sp³-hybridized carbons (Fsp3) is 0.429. The third kappa shape index (κ3) is 4.45. The van der Waals surface area contributed by atoms with E-state index in [1.54, 1.807) is 6.92 Å². The highest BCUT2D eigenvalue weighted by Crippen LogP contribution is 1.87. The Labute approximate surface area is 69.3 Å². The van der Waals surface area contributed by atoms with Crippen molar-refractivity contribution in [2.24, 2.45) is 0 Å². The number of ether oxygens (including phenoxy) is 1. The molecule has 0 aromatic carbocycles. The summed E-state index contributed by atoms with van der Waals surface area (Å²) in [5.74, 6) is -2.08. The van der Waals surface area contributed by atoms with Gasteiger partial charge in [-0.15, -0.1) is 0 Å². The molecule has 0 heterocycles. The fourth-order valence-electron chi connectivity index (χ4n) is 0.417. The third-order valence-electron chi connectivity index (χ3n) is 0.971. The second-order valence-electron chi connectivity index (χ2n) is 1.98. The Morgan fingerprint density at radius 3 is 2.58 bits per heavy atom. The van der Waals surface area contributed by atoms with Crippen LogP contribution in [0.5, 0.6) is 0 Å². The molecule has 0 spiro atoms. The van der Waals surface area contributed by atoms with Crippen LogP contribution in [0.15, 0.2) is 12.2 Å². The zero-order valence-electron chi connectivity index (χ0n) is 6.56. The Balaban J connectivity index is 3.68. The highest BCUT2D eigenvalue weighted by molar-refractivity contribution is 5.82. The summed E-state index contributed by atoms with van der Waals surface area (Å²) in [5, 5.41) is 16.8. The van der Waals surface area contributed by atoms with Gasteiger partial charge in [0, 0.05) is 6.08 Å². The van der Waals surface area contributed by atoms with Crippen molar-refractivity contribution in [2.45, 2.75) is 13.0 Å². The van der Waals surface area contributed by atoms with Crippen molar-refractivity contribution in [3.63, 3.8) is 0 Å². The van der Waals surface area contributed by atoms with Crippen LogP contribution in [-0.2, 0) is 14.3 Å². The zero-order chi connectivity index (χ0) is 9.56. The summed E-state index contributed by atoms with van der Waals surface area (Å²) in [5.41, 5.74) is 0. The largest absolute Gasteiger partial charge is 0.479 e. The molecule has 5 heteroatoms. The van der Waals surface area contributed by atoms with Crippen molar-refractivity contribution >= 4 is 11.9 Å². The molecule has 1 atom stereocenters. The summed E-state index contributed by atoms with van der Waals surface area (Å²) in [7, 11) is 0. The number of aliphatic hydroxyl groups excluding tert-OH is 1. The maximum Gasteiger partial charge on any atom is 0.336 e. The van der Waals surface area contributed by atoms with E-state index in [1.165, 1.54) is 6.08 Å². The van der Waals surface area contributed by atoms with Crippen molar-refractivity contribution in [3.05, 3.63) is 12.2 Å². The molecule has 0 amide bonds. The molecule has 68 valence electrons. The molecule has 12 heavy (non-hydrogen) atoms. The van der Waals surface area contributed by atoms with Crippen molar-refractivity contribution in [2.75, 3.05) is 6.61 Å². The Bertz CT molecular complexity index is 196. The van der Waals surface area contributed by atoms with Crippen molar-refractivity contribution in [1.82, 2.24) is 0 Å². The number of allylic oxidation sites excluding steroid dienone is 1. The molecule has 1 unspecified atom stereocenters. The number of hydrogen-bond acceptors (Lipinski definition) is 4. The van der Waals surface area contributed by atoms with Gasteiger partial charge < -0.3 is 14.9 Å². The third-order valence-corrected chi connectivity index (χ3v) is 0.971. The first-order valence-corrected chi connectivity index (χ1v) is 3.28. The molecule has 2 N–H and O–H groups in total. The fourth-order valence-corrected chi connectivity index (χ4v) is 0.417. The molecule has 0 aliphatic heterocycles. The lowest BCUT2D eigenvalue weighted by atomic mass is 10.4. The number of hydrogen-bond donors (Lipinski definition) is 2. The van der Waals surface area contributed by atoms with Gasteiger partial charge in [0.05, 0.1) is 0 Å². The van der Waals surface area contributed by atoms with Crippen LogP contribution in [0, 0.1) is 0 Å². The Kier molecular flexibility index (Phi) is 4.71. The van der Waals surface area contributed by atoms with Crippen LogP contribution in [0.4, 0.5) is 0 Å². The van der Waals surface area contributed by atoms with Crippen LogP contribution in [-0.4, -0.2) is 34.9 Å². The van der Waals surface area contributed by atoms with Gasteiger partial charge in [-0.1, -0.05) is 6.08 Å². The lowest BCUT2D eigenvalue weighted by Crippen LogP contribution is -2.26. The molecule has 0 aromatic heterocycles. The molecular formula is C7H10O5. The van der Waals surface area contributed by atoms with Gasteiger partial charge in [-0.25, -0.2) is 9.59 Å². The van der Waals surface area contributed by atoms with Gasteiger partial charge in [0.25, 0.3) is 0 Å². The minimum atomic E-state index is -1.65. The average molecular weight is 174 g/mol. The predicted molar refractivity (Wildman–Crippen MR) is 39.4 cm³/mol. The number of carboxylic acids is 1. The Morgan fingerprint density at radius 2 is 2.17 bits per heavy atom. The summed E-state index contributed by atoms with van der Waals surface area (Å²) in [6.45, 7) is 1.09. The van der Waals surface area contributed by atoms with Crippen LogP contribution in [0.2, 0.25) is 0 Å². The Hall–Kier alpha value is -1.36. The van der Waals surface area contributed by atoms with Crippen LogP contribution in [0.3, 0.4) is 0 Å². The van der Waals surface area contributed by atoms with Gasteiger partial charge in [0.15, 0.2) is 6.10 Å². The quantitative estimate of drug-likeness (QED) is 0.445. The molecule has 0 aliphatic carbocycles. The molecule has 0 rings (SSSR count). The lowest BCUT2D eigenvalue weighted by Gasteiger charge is -2.04. The zero-order valence-corrected chi connectivity index (χ0v) is 6.56. The SMILES string of the molecule is CC=CC(=O)OCC(O)C(=O)O. The van der Waals surface area contributed by atoms with E-state index in [1.807, 2.05) is 0 Å². The number of rotatable bonds is 4.